The van der Waals surface area contributed by atoms with Crippen LogP contribution >= 0.6 is 0 Å². The summed E-state index contributed by atoms with van der Waals surface area (Å²) in [5, 5.41) is 5.08. The molecule has 9 nitrogen and oxygen atoms in total. The molecule has 3 amide bonds. The third-order valence-electron chi connectivity index (χ3n) is 5.49. The van der Waals surface area contributed by atoms with E-state index >= 15 is 0 Å². The number of piperidine rings is 1. The molecule has 1 unspecified atom stereocenters. The summed E-state index contributed by atoms with van der Waals surface area (Å²) in [4.78, 5) is 48.2. The molecule has 0 spiro atoms. The number of nitrogens with zero attached hydrogens (tertiary/aromatic N) is 2. The summed E-state index contributed by atoms with van der Waals surface area (Å²) >= 11 is 0. The first-order valence-electron chi connectivity index (χ1n) is 11.1. The number of amides is 3. The van der Waals surface area contributed by atoms with Crippen molar-refractivity contribution in [1.82, 2.24) is 19.8 Å². The number of aryl methyl sites for hydroxylation is 2. The summed E-state index contributed by atoms with van der Waals surface area (Å²) in [5.74, 6) is -0.733. The van der Waals surface area contributed by atoms with Gasteiger partial charge in [0.25, 0.3) is 0 Å². The van der Waals surface area contributed by atoms with Gasteiger partial charge < -0.3 is 10.1 Å². The maximum absolute atomic E-state index is 12.8. The highest BCUT2D eigenvalue weighted by molar-refractivity contribution is 6.00. The fourth-order valence-electron chi connectivity index (χ4n) is 3.93. The summed E-state index contributed by atoms with van der Waals surface area (Å²) in [6, 6.07) is 5.16. The molecular weight excluding hydrogens is 412 g/mol. The van der Waals surface area contributed by atoms with Crippen LogP contribution in [0.15, 0.2) is 23.0 Å². The number of aromatic nitrogens is 2. The molecule has 1 aliphatic rings. The standard InChI is InChI=1S/C23H32N4O5/c1-23(2,3)32-21(30)24-13-7-5-6-8-15-9-10-16-18(14-15)26(4)22(31)27(16)17-11-12-19(28)25-20(17)29/h9-10,14,17H,5-8,11-13H2,1-4H3,(H,24,30)(H,25,28,29). The number of benzene rings is 1. The maximum Gasteiger partial charge on any atom is 0.407 e. The Hall–Kier alpha value is -3.10. The number of nitrogens with one attached hydrogen (secondary N) is 2. The second-order valence-electron chi connectivity index (χ2n) is 9.24. The van der Waals surface area contributed by atoms with Crippen molar-refractivity contribution in [3.8, 4) is 0 Å². The summed E-state index contributed by atoms with van der Waals surface area (Å²) < 4.78 is 8.25. The second kappa shape index (κ2) is 9.58. The van der Waals surface area contributed by atoms with E-state index in [2.05, 4.69) is 10.6 Å². The Morgan fingerprint density at radius 1 is 1.16 bits per heavy atom. The lowest BCUT2D eigenvalue weighted by atomic mass is 10.0. The van der Waals surface area contributed by atoms with Gasteiger partial charge in [-0.2, -0.15) is 0 Å². The first-order chi connectivity index (χ1) is 15.1. The normalized spacial score (nSPS) is 16.8. The summed E-state index contributed by atoms with van der Waals surface area (Å²) in [5.41, 5.74) is 1.80. The van der Waals surface area contributed by atoms with E-state index in [4.69, 9.17) is 4.74 Å². The Kier molecular flexibility index (Phi) is 7.06. The third-order valence-corrected chi connectivity index (χ3v) is 5.49. The lowest BCUT2D eigenvalue weighted by Gasteiger charge is -2.21. The monoisotopic (exact) mass is 444 g/mol. The van der Waals surface area contributed by atoms with Crippen molar-refractivity contribution < 1.29 is 19.1 Å². The van der Waals surface area contributed by atoms with Crippen LogP contribution in [0.5, 0.6) is 0 Å². The van der Waals surface area contributed by atoms with Crippen molar-refractivity contribution in [2.24, 2.45) is 7.05 Å². The lowest BCUT2D eigenvalue weighted by molar-refractivity contribution is -0.135. The van der Waals surface area contributed by atoms with E-state index in [0.29, 0.717) is 18.5 Å². The summed E-state index contributed by atoms with van der Waals surface area (Å²) in [6.45, 7) is 6.06. The smallest absolute Gasteiger partial charge is 0.407 e. The predicted octanol–water partition coefficient (Wildman–Crippen LogP) is 2.56. The zero-order chi connectivity index (χ0) is 23.5. The number of imidazole rings is 1. The van der Waals surface area contributed by atoms with E-state index < -0.39 is 23.6 Å². The van der Waals surface area contributed by atoms with Gasteiger partial charge in [0.2, 0.25) is 11.8 Å². The van der Waals surface area contributed by atoms with Crippen molar-refractivity contribution in [3.05, 3.63) is 34.2 Å². The second-order valence-corrected chi connectivity index (χ2v) is 9.24. The molecule has 1 atom stereocenters. The number of alkyl carbamates (subject to hydrolysis) is 1. The minimum Gasteiger partial charge on any atom is -0.444 e. The van der Waals surface area contributed by atoms with Gasteiger partial charge in [-0.05, 0) is 64.2 Å². The van der Waals surface area contributed by atoms with Gasteiger partial charge in [0, 0.05) is 20.0 Å². The molecule has 1 aromatic heterocycles. The Balaban J connectivity index is 1.58. The van der Waals surface area contributed by atoms with Crippen LogP contribution in [0.2, 0.25) is 0 Å². The van der Waals surface area contributed by atoms with Crippen LogP contribution in [0.25, 0.3) is 11.0 Å². The van der Waals surface area contributed by atoms with Crippen molar-refractivity contribution in [1.29, 1.82) is 0 Å². The lowest BCUT2D eigenvalue weighted by Crippen LogP contribution is -2.44. The fraction of sp³-hybridized carbons (Fsp3) is 0.565. The summed E-state index contributed by atoms with van der Waals surface area (Å²) in [6.07, 6.45) is 3.74. The SMILES string of the molecule is Cn1c(=O)n(C2CCC(=O)NC2=O)c2ccc(CCCCCNC(=O)OC(C)(C)C)cc21. The van der Waals surface area contributed by atoms with Crippen molar-refractivity contribution in [3.63, 3.8) is 0 Å². The van der Waals surface area contributed by atoms with Gasteiger partial charge in [0.05, 0.1) is 11.0 Å². The third kappa shape index (κ3) is 5.57. The molecule has 0 saturated carbocycles. The van der Waals surface area contributed by atoms with Crippen LogP contribution in [0.1, 0.15) is 64.5 Å². The number of carbonyl (C=O) groups excluding carboxylic acids is 3. The largest absolute Gasteiger partial charge is 0.444 e. The molecule has 2 aromatic rings. The molecule has 0 radical (unpaired) electrons. The molecule has 32 heavy (non-hydrogen) atoms. The number of ether oxygens (including phenoxy) is 1. The number of hydrogen-bond donors (Lipinski definition) is 2. The van der Waals surface area contributed by atoms with E-state index in [1.807, 2.05) is 39.0 Å². The topological polar surface area (TPSA) is 111 Å². The van der Waals surface area contributed by atoms with Crippen molar-refractivity contribution in [2.75, 3.05) is 6.54 Å². The van der Waals surface area contributed by atoms with Gasteiger partial charge in [-0.1, -0.05) is 12.5 Å². The molecule has 1 aliphatic heterocycles. The Bertz CT molecular complexity index is 1080. The number of fused-ring (bicyclic) bond motifs is 1. The minimum absolute atomic E-state index is 0.222. The van der Waals surface area contributed by atoms with Gasteiger partial charge in [-0.25, -0.2) is 9.59 Å². The number of unbranched alkanes of at least 4 members (excludes halogenated alkanes) is 2. The van der Waals surface area contributed by atoms with Crippen LogP contribution < -0.4 is 16.3 Å². The van der Waals surface area contributed by atoms with E-state index in [0.717, 1.165) is 36.8 Å². The highest BCUT2D eigenvalue weighted by Crippen LogP contribution is 2.24. The molecule has 2 heterocycles. The van der Waals surface area contributed by atoms with Gasteiger partial charge in [0.1, 0.15) is 11.6 Å². The molecule has 2 N–H and O–H groups in total. The molecule has 0 bridgehead atoms. The zero-order valence-electron chi connectivity index (χ0n) is 19.2. The van der Waals surface area contributed by atoms with Crippen molar-refractivity contribution >= 4 is 28.9 Å². The molecule has 1 fully saturated rings. The molecule has 1 saturated heterocycles. The van der Waals surface area contributed by atoms with Gasteiger partial charge >= 0.3 is 11.8 Å². The van der Waals surface area contributed by atoms with Crippen LogP contribution in [0.4, 0.5) is 4.79 Å². The van der Waals surface area contributed by atoms with E-state index in [1.165, 1.54) is 4.57 Å². The van der Waals surface area contributed by atoms with E-state index in [9.17, 15) is 19.2 Å². The average molecular weight is 445 g/mol. The fourth-order valence-corrected chi connectivity index (χ4v) is 3.93. The number of rotatable bonds is 7. The number of imide groups is 1. The molecule has 0 aliphatic carbocycles. The van der Waals surface area contributed by atoms with Gasteiger partial charge in [-0.15, -0.1) is 0 Å². The quantitative estimate of drug-likeness (QED) is 0.504. The highest BCUT2D eigenvalue weighted by atomic mass is 16.6. The van der Waals surface area contributed by atoms with Crippen LogP contribution in [-0.4, -0.2) is 39.2 Å². The number of carbonyl (C=O) groups is 3. The maximum atomic E-state index is 12.8. The van der Waals surface area contributed by atoms with E-state index in [1.54, 1.807) is 11.6 Å². The first-order valence-corrected chi connectivity index (χ1v) is 11.1. The molecule has 174 valence electrons. The average Bonchev–Trinajstić information content (AvgIpc) is 2.94. The minimum atomic E-state index is -0.674. The van der Waals surface area contributed by atoms with E-state index in [-0.39, 0.29) is 18.0 Å². The highest BCUT2D eigenvalue weighted by Gasteiger charge is 2.31. The Morgan fingerprint density at radius 3 is 2.59 bits per heavy atom. The molecular formula is C23H32N4O5. The molecule has 1 aromatic carbocycles. The predicted molar refractivity (Wildman–Crippen MR) is 120 cm³/mol. The van der Waals surface area contributed by atoms with Crippen molar-refractivity contribution in [2.45, 2.75) is 70.9 Å². The van der Waals surface area contributed by atoms with Crippen LogP contribution in [0.3, 0.4) is 0 Å². The summed E-state index contributed by atoms with van der Waals surface area (Å²) in [7, 11) is 1.69. The molecule has 3 rings (SSSR count). The Morgan fingerprint density at radius 2 is 1.91 bits per heavy atom. The Labute approximate surface area is 187 Å². The zero-order valence-corrected chi connectivity index (χ0v) is 19.2. The number of hydrogen-bond acceptors (Lipinski definition) is 5. The molecule has 9 heteroatoms. The van der Waals surface area contributed by atoms with Crippen LogP contribution in [-0.2, 0) is 27.8 Å². The first kappa shape index (κ1) is 23.6. The van der Waals surface area contributed by atoms with Gasteiger partial charge in [-0.3, -0.25) is 24.0 Å². The van der Waals surface area contributed by atoms with Crippen LogP contribution in [0, 0.1) is 0 Å². The van der Waals surface area contributed by atoms with Gasteiger partial charge in [0.15, 0.2) is 0 Å².